The lowest BCUT2D eigenvalue weighted by Crippen LogP contribution is -2.16. The van der Waals surface area contributed by atoms with E-state index >= 15 is 0 Å². The summed E-state index contributed by atoms with van der Waals surface area (Å²) >= 11 is 5.57. The minimum Gasteiger partial charge on any atom is -0.508 e. The molecule has 0 spiro atoms. The zero-order valence-electron chi connectivity index (χ0n) is 11.6. The summed E-state index contributed by atoms with van der Waals surface area (Å²) in [6, 6.07) is 11.9. The highest BCUT2D eigenvalue weighted by atomic mass is 127. The van der Waals surface area contributed by atoms with Crippen LogP contribution in [0, 0.1) is 3.57 Å². The first-order valence-corrected chi connectivity index (χ1v) is 8.41. The van der Waals surface area contributed by atoms with Crippen LogP contribution in [-0.2, 0) is 0 Å². The topological polar surface area (TPSA) is 74.8 Å². The van der Waals surface area contributed by atoms with Gasteiger partial charge >= 0.3 is 5.91 Å². The number of nitrogens with zero attached hydrogens (tertiary/aromatic N) is 1. The third-order valence-electron chi connectivity index (χ3n) is 3.03. The average molecular weight is 485 g/mol. The molecule has 0 unspecified atom stereocenters. The molecule has 0 radical (unpaired) electrons. The second-order valence-electron chi connectivity index (χ2n) is 4.71. The van der Waals surface area contributed by atoms with Crippen molar-refractivity contribution in [2.45, 2.75) is 0 Å². The predicted octanol–water partition coefficient (Wildman–Crippen LogP) is 4.27. The van der Waals surface area contributed by atoms with E-state index in [0.717, 1.165) is 19.0 Å². The largest absolute Gasteiger partial charge is 0.508 e. The van der Waals surface area contributed by atoms with Gasteiger partial charge in [0.05, 0.1) is 9.78 Å². The molecular weight excluding hydrogens is 475 g/mol. The first kappa shape index (κ1) is 16.0. The molecule has 0 aliphatic rings. The van der Waals surface area contributed by atoms with E-state index in [0.29, 0.717) is 5.58 Å². The van der Waals surface area contributed by atoms with Crippen molar-refractivity contribution in [2.75, 3.05) is 0 Å². The molecule has 0 saturated carbocycles. The second kappa shape index (κ2) is 6.71. The maximum Gasteiger partial charge on any atom is 0.307 e. The highest BCUT2D eigenvalue weighted by Gasteiger charge is 2.14. The maximum absolute atomic E-state index is 12.1. The Morgan fingerprint density at radius 2 is 2.00 bits per heavy atom. The second-order valence-corrected chi connectivity index (χ2v) is 6.79. The molecule has 3 rings (SSSR count). The number of carbonyl (C=O) groups excluding carboxylic acids is 1. The summed E-state index contributed by atoms with van der Waals surface area (Å²) in [6.07, 6.45) is 1.49. The molecule has 2 aromatic carbocycles. The fraction of sp³-hybridized carbons (Fsp3) is 0. The zero-order valence-corrected chi connectivity index (χ0v) is 15.3. The van der Waals surface area contributed by atoms with E-state index in [1.807, 2.05) is 12.1 Å². The molecular formula is C16H10BrIN2O3. The number of furan rings is 1. The van der Waals surface area contributed by atoms with Gasteiger partial charge in [-0.05, 0) is 70.6 Å². The number of hydrogen-bond acceptors (Lipinski definition) is 4. The number of amides is 1. The normalized spacial score (nSPS) is 11.2. The lowest BCUT2D eigenvalue weighted by atomic mass is 10.2. The van der Waals surface area contributed by atoms with Crippen molar-refractivity contribution in [1.82, 2.24) is 5.43 Å². The number of rotatable bonds is 3. The molecule has 116 valence electrons. The average Bonchev–Trinajstić information content (AvgIpc) is 2.93. The third kappa shape index (κ3) is 3.73. The van der Waals surface area contributed by atoms with Crippen LogP contribution >= 0.6 is 38.5 Å². The number of nitrogens with one attached hydrogen (secondary N) is 1. The maximum atomic E-state index is 12.1. The molecule has 0 saturated heterocycles. The molecule has 23 heavy (non-hydrogen) atoms. The number of carbonyl (C=O) groups is 1. The molecule has 1 amide bonds. The molecule has 2 N–H and O–H groups in total. The van der Waals surface area contributed by atoms with Crippen molar-refractivity contribution in [1.29, 1.82) is 0 Å². The van der Waals surface area contributed by atoms with Crippen LogP contribution in [0.15, 0.2) is 56.5 Å². The Hall–Kier alpha value is -1.87. The van der Waals surface area contributed by atoms with Crippen molar-refractivity contribution in [2.24, 2.45) is 5.10 Å². The summed E-state index contributed by atoms with van der Waals surface area (Å²) in [6.45, 7) is 0. The Bertz CT molecular complexity index is 904. The number of hydrogen-bond donors (Lipinski definition) is 2. The van der Waals surface area contributed by atoms with Crippen LogP contribution in [0.2, 0.25) is 0 Å². The number of fused-ring (bicyclic) bond motifs is 1. The van der Waals surface area contributed by atoms with E-state index in [1.165, 1.54) is 6.21 Å². The Labute approximate surface area is 153 Å². The number of halogens is 2. The molecule has 7 heteroatoms. The molecule has 1 aromatic heterocycles. The molecule has 0 aliphatic heterocycles. The summed E-state index contributed by atoms with van der Waals surface area (Å²) in [7, 11) is 0. The summed E-state index contributed by atoms with van der Waals surface area (Å²) in [5.41, 5.74) is 3.84. The lowest BCUT2D eigenvalue weighted by molar-refractivity contribution is 0.0929. The SMILES string of the molecule is O=C(N/N=C\c1ccc(O)cc1)c1cc2cc(Br)cc(I)c2o1. The van der Waals surface area contributed by atoms with Gasteiger partial charge < -0.3 is 9.52 Å². The van der Waals surface area contributed by atoms with E-state index in [1.54, 1.807) is 30.3 Å². The lowest BCUT2D eigenvalue weighted by Gasteiger charge is -1.96. The molecule has 1 heterocycles. The Morgan fingerprint density at radius 3 is 2.74 bits per heavy atom. The fourth-order valence-electron chi connectivity index (χ4n) is 1.97. The highest BCUT2D eigenvalue weighted by molar-refractivity contribution is 14.1. The quantitative estimate of drug-likeness (QED) is 0.331. The summed E-state index contributed by atoms with van der Waals surface area (Å²) < 4.78 is 7.43. The van der Waals surface area contributed by atoms with Gasteiger partial charge in [0.15, 0.2) is 5.76 Å². The van der Waals surface area contributed by atoms with Gasteiger partial charge in [-0.2, -0.15) is 5.10 Å². The third-order valence-corrected chi connectivity index (χ3v) is 4.29. The fourth-order valence-corrected chi connectivity index (χ4v) is 3.63. The first-order chi connectivity index (χ1) is 11.0. The summed E-state index contributed by atoms with van der Waals surface area (Å²) in [5, 5.41) is 13.9. The molecule has 0 aliphatic carbocycles. The van der Waals surface area contributed by atoms with Crippen LogP contribution in [-0.4, -0.2) is 17.2 Å². The van der Waals surface area contributed by atoms with Gasteiger partial charge in [-0.25, -0.2) is 5.43 Å². The van der Waals surface area contributed by atoms with Crippen LogP contribution in [0.3, 0.4) is 0 Å². The van der Waals surface area contributed by atoms with Crippen LogP contribution < -0.4 is 5.43 Å². The molecule has 3 aromatic rings. The Balaban J connectivity index is 1.75. The minimum absolute atomic E-state index is 0.175. The minimum atomic E-state index is -0.428. The first-order valence-electron chi connectivity index (χ1n) is 6.54. The van der Waals surface area contributed by atoms with E-state index in [4.69, 9.17) is 4.42 Å². The van der Waals surface area contributed by atoms with Gasteiger partial charge in [0.2, 0.25) is 0 Å². The predicted molar refractivity (Wildman–Crippen MR) is 99.8 cm³/mol. The van der Waals surface area contributed by atoms with Crippen LogP contribution in [0.5, 0.6) is 5.75 Å². The monoisotopic (exact) mass is 484 g/mol. The number of phenolic OH excluding ortho intramolecular Hbond substituents is 1. The van der Waals surface area contributed by atoms with Crippen LogP contribution in [0.25, 0.3) is 11.0 Å². The van der Waals surface area contributed by atoms with Gasteiger partial charge in [-0.1, -0.05) is 15.9 Å². The van der Waals surface area contributed by atoms with Crippen molar-refractivity contribution in [3.63, 3.8) is 0 Å². The Kier molecular flexibility index (Phi) is 4.67. The molecule has 0 bridgehead atoms. The van der Waals surface area contributed by atoms with Crippen molar-refractivity contribution in [3.8, 4) is 5.75 Å². The Morgan fingerprint density at radius 1 is 1.26 bits per heavy atom. The van der Waals surface area contributed by atoms with Gasteiger partial charge in [-0.3, -0.25) is 4.79 Å². The standard InChI is InChI=1S/C16H10BrIN2O3/c17-11-5-10-6-14(23-15(10)13(18)7-11)16(22)20-19-8-9-1-3-12(21)4-2-9/h1-8,21H,(H,20,22)/b19-8-. The summed E-state index contributed by atoms with van der Waals surface area (Å²) in [5.74, 6) is -0.0590. The van der Waals surface area contributed by atoms with E-state index in [2.05, 4.69) is 49.0 Å². The summed E-state index contributed by atoms with van der Waals surface area (Å²) in [4.78, 5) is 12.1. The van der Waals surface area contributed by atoms with Crippen LogP contribution in [0.4, 0.5) is 0 Å². The number of phenols is 1. The van der Waals surface area contributed by atoms with Crippen molar-refractivity contribution < 1.29 is 14.3 Å². The zero-order chi connectivity index (χ0) is 16.4. The van der Waals surface area contributed by atoms with E-state index < -0.39 is 5.91 Å². The molecule has 5 nitrogen and oxygen atoms in total. The number of benzene rings is 2. The van der Waals surface area contributed by atoms with Gasteiger partial charge in [0, 0.05) is 9.86 Å². The van der Waals surface area contributed by atoms with E-state index in [9.17, 15) is 9.90 Å². The molecule has 0 fully saturated rings. The molecule has 0 atom stereocenters. The van der Waals surface area contributed by atoms with Gasteiger partial charge in [-0.15, -0.1) is 0 Å². The van der Waals surface area contributed by atoms with Crippen molar-refractivity contribution >= 4 is 61.6 Å². The smallest absolute Gasteiger partial charge is 0.307 e. The van der Waals surface area contributed by atoms with Gasteiger partial charge in [0.25, 0.3) is 0 Å². The van der Waals surface area contributed by atoms with Crippen molar-refractivity contribution in [3.05, 3.63) is 61.8 Å². The van der Waals surface area contributed by atoms with E-state index in [-0.39, 0.29) is 11.5 Å². The van der Waals surface area contributed by atoms with Crippen LogP contribution in [0.1, 0.15) is 16.1 Å². The van der Waals surface area contributed by atoms with Gasteiger partial charge in [0.1, 0.15) is 11.3 Å². The number of aromatic hydroxyl groups is 1. The number of hydrazone groups is 1. The highest BCUT2D eigenvalue weighted by Crippen LogP contribution is 2.28.